The lowest BCUT2D eigenvalue weighted by molar-refractivity contribution is -0.140. The number of benzene rings is 3. The second kappa shape index (κ2) is 13.8. The highest BCUT2D eigenvalue weighted by Gasteiger charge is 2.33. The van der Waals surface area contributed by atoms with Gasteiger partial charge < -0.3 is 19.7 Å². The molecule has 10 heteroatoms. The number of aryl methyl sites for hydroxylation is 1. The molecule has 1 N–H and O–H groups in total. The number of amides is 2. The van der Waals surface area contributed by atoms with E-state index < -0.39 is 28.5 Å². The summed E-state index contributed by atoms with van der Waals surface area (Å²) in [7, 11) is -1.10. The first-order valence-electron chi connectivity index (χ1n) is 13.1. The van der Waals surface area contributed by atoms with Crippen molar-refractivity contribution in [3.05, 3.63) is 83.9 Å². The van der Waals surface area contributed by atoms with Crippen LogP contribution in [0.3, 0.4) is 0 Å². The van der Waals surface area contributed by atoms with E-state index in [-0.39, 0.29) is 17.3 Å². The molecule has 0 aliphatic rings. The average Bonchev–Trinajstić information content (AvgIpc) is 2.96. The zero-order valence-corrected chi connectivity index (χ0v) is 24.4. The lowest BCUT2D eigenvalue weighted by Crippen LogP contribution is -2.51. The maximum Gasteiger partial charge on any atom is 0.264 e. The third-order valence-electron chi connectivity index (χ3n) is 6.44. The van der Waals surface area contributed by atoms with Crippen molar-refractivity contribution in [1.29, 1.82) is 0 Å². The lowest BCUT2D eigenvalue weighted by atomic mass is 10.1. The number of hydrogen-bond donors (Lipinski definition) is 1. The molecule has 3 aromatic rings. The Balaban J connectivity index is 2.04. The van der Waals surface area contributed by atoms with Gasteiger partial charge in [0.1, 0.15) is 24.1 Å². The summed E-state index contributed by atoms with van der Waals surface area (Å²) in [6, 6.07) is 19.4. The molecule has 3 rings (SSSR count). The van der Waals surface area contributed by atoms with Crippen LogP contribution in [-0.4, -0.2) is 58.5 Å². The molecule has 2 amide bonds. The molecule has 0 aliphatic carbocycles. The van der Waals surface area contributed by atoms with E-state index in [1.807, 2.05) is 19.9 Å². The predicted molar refractivity (Wildman–Crippen MR) is 155 cm³/mol. The van der Waals surface area contributed by atoms with Gasteiger partial charge in [0, 0.05) is 13.6 Å². The van der Waals surface area contributed by atoms with E-state index in [0.29, 0.717) is 30.2 Å². The van der Waals surface area contributed by atoms with Gasteiger partial charge in [-0.2, -0.15) is 0 Å². The number of likely N-dealkylation sites (N-methyl/N-ethyl adjacent to an activating group) is 1. The van der Waals surface area contributed by atoms with Crippen molar-refractivity contribution in [2.24, 2.45) is 0 Å². The molecular weight excluding hydrogens is 530 g/mol. The molecule has 0 saturated heterocycles. The number of hydrogen-bond acceptors (Lipinski definition) is 6. The van der Waals surface area contributed by atoms with Crippen LogP contribution in [0.25, 0.3) is 0 Å². The van der Waals surface area contributed by atoms with E-state index in [4.69, 9.17) is 9.47 Å². The number of nitrogens with one attached hydrogen (secondary N) is 1. The van der Waals surface area contributed by atoms with Crippen LogP contribution in [0.15, 0.2) is 77.7 Å². The van der Waals surface area contributed by atoms with E-state index in [2.05, 4.69) is 5.32 Å². The van der Waals surface area contributed by atoms with Crippen LogP contribution >= 0.6 is 0 Å². The standard InChI is InChI=1S/C30H37N3O6S/c1-6-28(30(35)31-4)32(20-23-9-8-10-26(19-23)38-5)29(34)21-33(24-13-11-22(3)12-14-24)40(36,37)27-17-15-25(16-18-27)39-7-2/h8-19,28H,6-7,20-21H2,1-5H3,(H,31,35)/t28-/m1/s1. The fourth-order valence-electron chi connectivity index (χ4n) is 4.30. The normalized spacial score (nSPS) is 11.8. The van der Waals surface area contributed by atoms with Crippen molar-refractivity contribution >= 4 is 27.5 Å². The van der Waals surface area contributed by atoms with E-state index in [1.165, 1.54) is 24.1 Å². The first kappa shape index (κ1) is 30.5. The summed E-state index contributed by atoms with van der Waals surface area (Å²) in [5.41, 5.74) is 2.02. The molecule has 9 nitrogen and oxygen atoms in total. The summed E-state index contributed by atoms with van der Waals surface area (Å²) in [6.07, 6.45) is 0.339. The molecule has 0 aliphatic heterocycles. The second-order valence-corrected chi connectivity index (χ2v) is 11.0. The quantitative estimate of drug-likeness (QED) is 0.333. The Morgan fingerprint density at radius 1 is 0.950 bits per heavy atom. The van der Waals surface area contributed by atoms with E-state index in [0.717, 1.165) is 15.4 Å². The summed E-state index contributed by atoms with van der Waals surface area (Å²) >= 11 is 0. The van der Waals surface area contributed by atoms with Gasteiger partial charge >= 0.3 is 0 Å². The van der Waals surface area contributed by atoms with Crippen LogP contribution in [-0.2, 0) is 26.2 Å². The van der Waals surface area contributed by atoms with Crippen LogP contribution in [0.2, 0.25) is 0 Å². The van der Waals surface area contributed by atoms with Crippen LogP contribution in [0.5, 0.6) is 11.5 Å². The number of carbonyl (C=O) groups is 2. The topological polar surface area (TPSA) is 105 Å². The Morgan fingerprint density at radius 3 is 2.20 bits per heavy atom. The highest BCUT2D eigenvalue weighted by molar-refractivity contribution is 7.92. The fourth-order valence-corrected chi connectivity index (χ4v) is 5.71. The maximum absolute atomic E-state index is 14.0. The monoisotopic (exact) mass is 567 g/mol. The highest BCUT2D eigenvalue weighted by Crippen LogP contribution is 2.27. The predicted octanol–water partition coefficient (Wildman–Crippen LogP) is 4.15. The lowest BCUT2D eigenvalue weighted by Gasteiger charge is -2.33. The largest absolute Gasteiger partial charge is 0.497 e. The van der Waals surface area contributed by atoms with Crippen molar-refractivity contribution in [2.75, 3.05) is 31.6 Å². The molecule has 0 radical (unpaired) electrons. The van der Waals surface area contributed by atoms with Gasteiger partial charge in [-0.25, -0.2) is 8.42 Å². The number of sulfonamides is 1. The number of methoxy groups -OCH3 is 1. The van der Waals surface area contributed by atoms with Crippen molar-refractivity contribution in [3.8, 4) is 11.5 Å². The molecule has 214 valence electrons. The molecule has 0 bridgehead atoms. The number of anilines is 1. The van der Waals surface area contributed by atoms with Gasteiger partial charge in [-0.1, -0.05) is 36.8 Å². The number of ether oxygens (including phenoxy) is 2. The summed E-state index contributed by atoms with van der Waals surface area (Å²) in [4.78, 5) is 28.2. The minimum absolute atomic E-state index is 0.0158. The molecule has 0 saturated carbocycles. The van der Waals surface area contributed by atoms with Crippen LogP contribution < -0.4 is 19.1 Å². The van der Waals surface area contributed by atoms with Gasteiger partial charge in [0.2, 0.25) is 11.8 Å². The fraction of sp³-hybridized carbons (Fsp3) is 0.333. The molecular formula is C30H37N3O6S. The Labute approximate surface area is 236 Å². The third kappa shape index (κ3) is 7.32. The van der Waals surface area contributed by atoms with Crippen molar-refractivity contribution in [2.45, 2.75) is 44.7 Å². The zero-order chi connectivity index (χ0) is 29.3. The van der Waals surface area contributed by atoms with Crippen LogP contribution in [0, 0.1) is 6.92 Å². The third-order valence-corrected chi connectivity index (χ3v) is 8.23. The maximum atomic E-state index is 14.0. The summed E-state index contributed by atoms with van der Waals surface area (Å²) in [6.45, 7) is 5.58. The minimum atomic E-state index is -4.16. The average molecular weight is 568 g/mol. The molecule has 3 aromatic carbocycles. The van der Waals surface area contributed by atoms with Crippen molar-refractivity contribution < 1.29 is 27.5 Å². The first-order chi connectivity index (χ1) is 19.1. The van der Waals surface area contributed by atoms with Gasteiger partial charge in [0.05, 0.1) is 24.3 Å². The van der Waals surface area contributed by atoms with Gasteiger partial charge in [-0.15, -0.1) is 0 Å². The Bertz CT molecular complexity index is 1390. The number of nitrogens with zero attached hydrogens (tertiary/aromatic N) is 2. The van der Waals surface area contributed by atoms with Gasteiger partial charge in [0.15, 0.2) is 0 Å². The highest BCUT2D eigenvalue weighted by atomic mass is 32.2. The molecule has 0 unspecified atom stereocenters. The van der Waals surface area contributed by atoms with Gasteiger partial charge in [-0.05, 0) is 74.4 Å². The van der Waals surface area contributed by atoms with E-state index in [9.17, 15) is 18.0 Å². The SMILES string of the molecule is CCOc1ccc(S(=O)(=O)N(CC(=O)N(Cc2cccc(OC)c2)[C@H](CC)C(=O)NC)c2ccc(C)cc2)cc1. The number of carbonyl (C=O) groups excluding carboxylic acids is 2. The molecule has 0 fully saturated rings. The van der Waals surface area contributed by atoms with E-state index >= 15 is 0 Å². The smallest absolute Gasteiger partial charge is 0.264 e. The molecule has 0 aromatic heterocycles. The van der Waals surface area contributed by atoms with Gasteiger partial charge in [-0.3, -0.25) is 13.9 Å². The molecule has 0 heterocycles. The molecule has 1 atom stereocenters. The van der Waals surface area contributed by atoms with Gasteiger partial charge in [0.25, 0.3) is 10.0 Å². The van der Waals surface area contributed by atoms with Crippen LogP contribution in [0.1, 0.15) is 31.4 Å². The summed E-state index contributed by atoms with van der Waals surface area (Å²) < 4.78 is 39.7. The Morgan fingerprint density at radius 2 is 1.62 bits per heavy atom. The zero-order valence-electron chi connectivity index (χ0n) is 23.6. The summed E-state index contributed by atoms with van der Waals surface area (Å²) in [5.74, 6) is 0.292. The molecule has 40 heavy (non-hydrogen) atoms. The second-order valence-electron chi connectivity index (χ2n) is 9.16. The van der Waals surface area contributed by atoms with Crippen molar-refractivity contribution in [1.82, 2.24) is 10.2 Å². The Kier molecular flexibility index (Phi) is 10.6. The number of rotatable bonds is 13. The van der Waals surface area contributed by atoms with Crippen LogP contribution in [0.4, 0.5) is 5.69 Å². The summed E-state index contributed by atoms with van der Waals surface area (Å²) in [5, 5.41) is 2.62. The minimum Gasteiger partial charge on any atom is -0.497 e. The first-order valence-corrected chi connectivity index (χ1v) is 14.5. The Hall–Kier alpha value is -4.05. The molecule has 0 spiro atoms. The van der Waals surface area contributed by atoms with E-state index in [1.54, 1.807) is 68.6 Å². The van der Waals surface area contributed by atoms with Crippen molar-refractivity contribution in [3.63, 3.8) is 0 Å².